The molecule has 2 rings (SSSR count). The van der Waals surface area contributed by atoms with Gasteiger partial charge in [-0.05, 0) is 32.1 Å². The molecule has 142 valence electrons. The minimum atomic E-state index is -0.452. The summed E-state index contributed by atoms with van der Waals surface area (Å²) < 4.78 is 9.81. The van der Waals surface area contributed by atoms with Crippen molar-refractivity contribution in [2.45, 2.75) is 70.8 Å². The zero-order valence-electron chi connectivity index (χ0n) is 15.5. The van der Waals surface area contributed by atoms with Crippen LogP contribution in [0.15, 0.2) is 0 Å². The third kappa shape index (κ3) is 5.72. The molecule has 0 bridgehead atoms. The summed E-state index contributed by atoms with van der Waals surface area (Å²) in [6, 6.07) is 0.0282. The maximum atomic E-state index is 12.4. The predicted octanol–water partition coefficient (Wildman–Crippen LogP) is 3.33. The van der Waals surface area contributed by atoms with Gasteiger partial charge in [0.05, 0.1) is 13.7 Å². The van der Waals surface area contributed by atoms with Crippen LogP contribution in [0, 0.1) is 11.8 Å². The van der Waals surface area contributed by atoms with Crippen LogP contribution in [0.2, 0.25) is 0 Å². The Kier molecular flexibility index (Phi) is 7.72. The lowest BCUT2D eigenvalue weighted by molar-refractivity contribution is -0.146. The van der Waals surface area contributed by atoms with Crippen LogP contribution >= 0.6 is 0 Å². The standard InChI is InChI=1S/C19H31NO5/c1-3-25-18(22)13-17(21)15-9-10-20(19(23)24-2)16(12-15)11-14-7-5-4-6-8-14/h14-16H,3-13H2,1-2H3. The number of hydrogen-bond donors (Lipinski definition) is 0. The Balaban J connectivity index is 1.98. The smallest absolute Gasteiger partial charge is 0.409 e. The second kappa shape index (κ2) is 9.78. The molecule has 2 aliphatic rings. The molecule has 2 atom stereocenters. The van der Waals surface area contributed by atoms with E-state index in [0.717, 1.165) is 6.42 Å². The van der Waals surface area contributed by atoms with E-state index in [1.165, 1.54) is 39.2 Å². The van der Waals surface area contributed by atoms with Crippen LogP contribution in [-0.4, -0.2) is 49.0 Å². The Morgan fingerprint density at radius 2 is 1.80 bits per heavy atom. The van der Waals surface area contributed by atoms with E-state index in [0.29, 0.717) is 25.3 Å². The van der Waals surface area contributed by atoms with E-state index in [9.17, 15) is 14.4 Å². The highest BCUT2D eigenvalue weighted by molar-refractivity contribution is 5.96. The van der Waals surface area contributed by atoms with Gasteiger partial charge in [-0.25, -0.2) is 4.79 Å². The Hall–Kier alpha value is -1.59. The number of amides is 1. The number of ketones is 1. The number of Topliss-reactive ketones (excluding diaryl/α,β-unsaturated/α-hetero) is 1. The molecule has 2 fully saturated rings. The van der Waals surface area contributed by atoms with Crippen molar-refractivity contribution in [1.29, 1.82) is 0 Å². The Labute approximate surface area is 150 Å². The van der Waals surface area contributed by atoms with Gasteiger partial charge in [0.25, 0.3) is 0 Å². The number of piperidine rings is 1. The average molecular weight is 353 g/mol. The third-order valence-corrected chi connectivity index (χ3v) is 5.53. The molecular formula is C19H31NO5. The number of carbonyl (C=O) groups excluding carboxylic acids is 3. The summed E-state index contributed by atoms with van der Waals surface area (Å²) in [5.41, 5.74) is 0. The molecule has 25 heavy (non-hydrogen) atoms. The summed E-state index contributed by atoms with van der Waals surface area (Å²) in [7, 11) is 1.40. The third-order valence-electron chi connectivity index (χ3n) is 5.53. The Morgan fingerprint density at radius 3 is 2.44 bits per heavy atom. The van der Waals surface area contributed by atoms with Crippen LogP contribution in [-0.2, 0) is 19.1 Å². The number of hydrogen-bond acceptors (Lipinski definition) is 5. The fourth-order valence-corrected chi connectivity index (χ4v) is 4.23. The van der Waals surface area contributed by atoms with Crippen molar-refractivity contribution in [2.75, 3.05) is 20.3 Å². The molecule has 0 aromatic heterocycles. The lowest BCUT2D eigenvalue weighted by Gasteiger charge is -2.40. The predicted molar refractivity (Wildman–Crippen MR) is 93.1 cm³/mol. The minimum Gasteiger partial charge on any atom is -0.466 e. The highest BCUT2D eigenvalue weighted by Crippen LogP contribution is 2.34. The molecule has 1 aliphatic carbocycles. The van der Waals surface area contributed by atoms with Crippen LogP contribution < -0.4 is 0 Å². The second-order valence-corrected chi connectivity index (χ2v) is 7.23. The van der Waals surface area contributed by atoms with Crippen LogP contribution in [0.5, 0.6) is 0 Å². The van der Waals surface area contributed by atoms with Gasteiger partial charge in [0, 0.05) is 18.5 Å². The van der Waals surface area contributed by atoms with E-state index in [1.807, 2.05) is 0 Å². The molecule has 0 radical (unpaired) electrons. The summed E-state index contributed by atoms with van der Waals surface area (Å²) in [5, 5.41) is 0. The maximum Gasteiger partial charge on any atom is 0.409 e. The summed E-state index contributed by atoms with van der Waals surface area (Å²) >= 11 is 0. The van der Waals surface area contributed by atoms with Crippen molar-refractivity contribution >= 4 is 17.8 Å². The minimum absolute atomic E-state index is 0.0282. The van der Waals surface area contributed by atoms with Crippen molar-refractivity contribution in [1.82, 2.24) is 4.90 Å². The van der Waals surface area contributed by atoms with Gasteiger partial charge in [-0.3, -0.25) is 9.59 Å². The summed E-state index contributed by atoms with van der Waals surface area (Å²) in [6.07, 6.45) is 7.88. The fourth-order valence-electron chi connectivity index (χ4n) is 4.23. The van der Waals surface area contributed by atoms with Gasteiger partial charge in [0.2, 0.25) is 0 Å². The lowest BCUT2D eigenvalue weighted by atomic mass is 9.79. The second-order valence-electron chi connectivity index (χ2n) is 7.23. The molecule has 1 aliphatic heterocycles. The van der Waals surface area contributed by atoms with Gasteiger partial charge in [-0.2, -0.15) is 0 Å². The maximum absolute atomic E-state index is 12.4. The largest absolute Gasteiger partial charge is 0.466 e. The van der Waals surface area contributed by atoms with E-state index in [4.69, 9.17) is 9.47 Å². The lowest BCUT2D eigenvalue weighted by Crippen LogP contribution is -2.48. The molecule has 0 spiro atoms. The van der Waals surface area contributed by atoms with Crippen LogP contribution in [0.4, 0.5) is 4.79 Å². The topological polar surface area (TPSA) is 72.9 Å². The molecular weight excluding hydrogens is 322 g/mol. The number of likely N-dealkylation sites (tertiary alicyclic amines) is 1. The number of methoxy groups -OCH3 is 1. The zero-order chi connectivity index (χ0) is 18.2. The van der Waals surface area contributed by atoms with Gasteiger partial charge in [-0.15, -0.1) is 0 Å². The number of rotatable bonds is 6. The molecule has 0 aromatic rings. The molecule has 6 nitrogen and oxygen atoms in total. The highest BCUT2D eigenvalue weighted by Gasteiger charge is 2.37. The van der Waals surface area contributed by atoms with Crippen LogP contribution in [0.25, 0.3) is 0 Å². The fraction of sp³-hybridized carbons (Fsp3) is 0.842. The first-order chi connectivity index (χ1) is 12.0. The molecule has 0 N–H and O–H groups in total. The number of nitrogens with zero attached hydrogens (tertiary/aromatic N) is 1. The molecule has 1 heterocycles. The molecule has 6 heteroatoms. The van der Waals surface area contributed by atoms with Gasteiger partial charge in [0.15, 0.2) is 0 Å². The Morgan fingerprint density at radius 1 is 1.08 bits per heavy atom. The van der Waals surface area contributed by atoms with Crippen LogP contribution in [0.3, 0.4) is 0 Å². The quantitative estimate of drug-likeness (QED) is 0.541. The molecule has 1 saturated heterocycles. The van der Waals surface area contributed by atoms with E-state index >= 15 is 0 Å². The van der Waals surface area contributed by atoms with Crippen molar-refractivity contribution in [3.63, 3.8) is 0 Å². The van der Waals surface area contributed by atoms with E-state index in [-0.39, 0.29) is 36.9 Å². The van der Waals surface area contributed by atoms with Gasteiger partial charge >= 0.3 is 12.1 Å². The molecule has 0 aromatic carbocycles. The first kappa shape index (κ1) is 19.7. The zero-order valence-corrected chi connectivity index (χ0v) is 15.5. The first-order valence-electron chi connectivity index (χ1n) is 9.58. The monoisotopic (exact) mass is 353 g/mol. The van der Waals surface area contributed by atoms with E-state index < -0.39 is 5.97 Å². The van der Waals surface area contributed by atoms with Crippen molar-refractivity contribution in [2.24, 2.45) is 11.8 Å². The summed E-state index contributed by atoms with van der Waals surface area (Å²) in [4.78, 5) is 37.9. The molecule has 2 unspecified atom stereocenters. The first-order valence-corrected chi connectivity index (χ1v) is 9.58. The SMILES string of the molecule is CCOC(=O)CC(=O)C1CCN(C(=O)OC)C(CC2CCCCC2)C1. The van der Waals surface area contributed by atoms with Crippen LogP contribution in [0.1, 0.15) is 64.7 Å². The van der Waals surface area contributed by atoms with Crippen molar-refractivity contribution < 1.29 is 23.9 Å². The Bertz CT molecular complexity index is 472. The van der Waals surface area contributed by atoms with Crippen molar-refractivity contribution in [3.05, 3.63) is 0 Å². The van der Waals surface area contributed by atoms with Crippen molar-refractivity contribution in [3.8, 4) is 0 Å². The molecule has 1 saturated carbocycles. The summed E-state index contributed by atoms with van der Waals surface area (Å²) in [5.74, 6) is -0.0629. The van der Waals surface area contributed by atoms with Gasteiger partial charge in [-0.1, -0.05) is 32.1 Å². The van der Waals surface area contributed by atoms with E-state index in [1.54, 1.807) is 11.8 Å². The number of esters is 1. The normalized spacial score (nSPS) is 24.6. The number of carbonyl (C=O) groups is 3. The van der Waals surface area contributed by atoms with Gasteiger partial charge < -0.3 is 14.4 Å². The average Bonchev–Trinajstić information content (AvgIpc) is 2.62. The molecule has 1 amide bonds. The highest BCUT2D eigenvalue weighted by atomic mass is 16.5. The summed E-state index contributed by atoms with van der Waals surface area (Å²) in [6.45, 7) is 2.54. The van der Waals surface area contributed by atoms with E-state index in [2.05, 4.69) is 0 Å². The van der Waals surface area contributed by atoms with Gasteiger partial charge in [0.1, 0.15) is 12.2 Å². The number of ether oxygens (including phenoxy) is 2.